The number of piperidine rings is 1. The largest absolute Gasteiger partial charge is 0.476 e. The first kappa shape index (κ1) is 15.4. The Morgan fingerprint density at radius 3 is 3.00 bits per heavy atom. The van der Waals surface area contributed by atoms with E-state index >= 15 is 0 Å². The normalized spacial score (nSPS) is 18.6. The van der Waals surface area contributed by atoms with Gasteiger partial charge in [0.25, 0.3) is 5.95 Å². The topological polar surface area (TPSA) is 110 Å². The second-order valence-corrected chi connectivity index (χ2v) is 6.17. The van der Waals surface area contributed by atoms with Crippen LogP contribution in [0, 0.1) is 5.92 Å². The van der Waals surface area contributed by atoms with Gasteiger partial charge >= 0.3 is 5.97 Å². The molecule has 0 aromatic carbocycles. The van der Waals surface area contributed by atoms with E-state index in [0.717, 1.165) is 25.9 Å². The van der Waals surface area contributed by atoms with Crippen molar-refractivity contribution in [2.24, 2.45) is 5.92 Å². The van der Waals surface area contributed by atoms with Gasteiger partial charge in [0.2, 0.25) is 5.89 Å². The SMILES string of the molecule is CC(C)c1nc(N2CCC[C@H](Cn3cc(C(=O)O)nn3)C2)no1. The Morgan fingerprint density at radius 1 is 1.52 bits per heavy atom. The molecule has 2 aromatic heterocycles. The van der Waals surface area contributed by atoms with E-state index in [1.54, 1.807) is 4.68 Å². The third-order valence-corrected chi connectivity index (χ3v) is 3.93. The van der Waals surface area contributed by atoms with Crippen LogP contribution in [0.1, 0.15) is 49.0 Å². The summed E-state index contributed by atoms with van der Waals surface area (Å²) in [5.41, 5.74) is -0.0302. The van der Waals surface area contributed by atoms with Gasteiger partial charge in [0.05, 0.1) is 6.20 Å². The number of anilines is 1. The molecule has 23 heavy (non-hydrogen) atoms. The Hall–Kier alpha value is -2.45. The van der Waals surface area contributed by atoms with Gasteiger partial charge in [-0.25, -0.2) is 4.79 Å². The van der Waals surface area contributed by atoms with Gasteiger partial charge in [0.15, 0.2) is 5.69 Å². The molecule has 0 bridgehead atoms. The summed E-state index contributed by atoms with van der Waals surface area (Å²) in [5, 5.41) is 20.5. The van der Waals surface area contributed by atoms with E-state index in [4.69, 9.17) is 9.63 Å². The van der Waals surface area contributed by atoms with Crippen molar-refractivity contribution in [2.45, 2.75) is 39.2 Å². The van der Waals surface area contributed by atoms with Crippen LogP contribution in [0.5, 0.6) is 0 Å². The average Bonchev–Trinajstić information content (AvgIpc) is 3.16. The van der Waals surface area contributed by atoms with E-state index in [1.165, 1.54) is 6.20 Å². The lowest BCUT2D eigenvalue weighted by atomic mass is 9.98. The second kappa shape index (κ2) is 6.35. The zero-order chi connectivity index (χ0) is 16.4. The van der Waals surface area contributed by atoms with E-state index in [2.05, 4.69) is 25.4 Å². The van der Waals surface area contributed by atoms with E-state index < -0.39 is 5.97 Å². The van der Waals surface area contributed by atoms with Crippen molar-refractivity contribution < 1.29 is 14.4 Å². The van der Waals surface area contributed by atoms with E-state index in [9.17, 15) is 4.79 Å². The second-order valence-electron chi connectivity index (χ2n) is 6.17. The Kier molecular flexibility index (Phi) is 4.26. The predicted octanol–water partition coefficient (Wildman–Crippen LogP) is 1.40. The lowest BCUT2D eigenvalue weighted by molar-refractivity contribution is 0.0690. The first-order valence-corrected chi connectivity index (χ1v) is 7.75. The van der Waals surface area contributed by atoms with Gasteiger partial charge in [0, 0.05) is 25.6 Å². The number of carboxylic acid groups (broad SMARTS) is 1. The summed E-state index contributed by atoms with van der Waals surface area (Å²) in [4.78, 5) is 17.4. The molecule has 1 N–H and O–H groups in total. The van der Waals surface area contributed by atoms with Gasteiger partial charge in [-0.05, 0) is 23.9 Å². The Balaban J connectivity index is 1.64. The smallest absolute Gasteiger partial charge is 0.358 e. The van der Waals surface area contributed by atoms with Gasteiger partial charge in [-0.3, -0.25) is 4.68 Å². The first-order valence-electron chi connectivity index (χ1n) is 7.75. The van der Waals surface area contributed by atoms with Gasteiger partial charge in [0.1, 0.15) is 0 Å². The van der Waals surface area contributed by atoms with Crippen LogP contribution in [0.2, 0.25) is 0 Å². The molecular formula is C14H20N6O3. The summed E-state index contributed by atoms with van der Waals surface area (Å²) in [5.74, 6) is 0.761. The van der Waals surface area contributed by atoms with Crippen molar-refractivity contribution in [3.63, 3.8) is 0 Å². The van der Waals surface area contributed by atoms with Crippen LogP contribution in [-0.4, -0.2) is 49.3 Å². The maximum absolute atomic E-state index is 10.8. The molecule has 0 saturated carbocycles. The number of carboxylic acids is 1. The highest BCUT2D eigenvalue weighted by molar-refractivity contribution is 5.84. The van der Waals surface area contributed by atoms with Crippen molar-refractivity contribution in [1.82, 2.24) is 25.1 Å². The molecule has 1 saturated heterocycles. The molecule has 1 fully saturated rings. The summed E-state index contributed by atoms with van der Waals surface area (Å²) < 4.78 is 6.86. The van der Waals surface area contributed by atoms with E-state index in [-0.39, 0.29) is 11.6 Å². The number of carbonyl (C=O) groups is 1. The average molecular weight is 320 g/mol. The molecule has 124 valence electrons. The fourth-order valence-corrected chi connectivity index (χ4v) is 2.74. The highest BCUT2D eigenvalue weighted by atomic mass is 16.5. The number of aromatic nitrogens is 5. The van der Waals surface area contributed by atoms with Gasteiger partial charge in [-0.15, -0.1) is 5.10 Å². The summed E-state index contributed by atoms with van der Waals surface area (Å²) in [6.07, 6.45) is 3.54. The van der Waals surface area contributed by atoms with Gasteiger partial charge < -0.3 is 14.5 Å². The molecule has 0 amide bonds. The number of rotatable bonds is 5. The maximum atomic E-state index is 10.8. The summed E-state index contributed by atoms with van der Waals surface area (Å²) in [6, 6.07) is 0. The molecule has 3 rings (SSSR count). The third kappa shape index (κ3) is 3.49. The van der Waals surface area contributed by atoms with E-state index in [1.807, 2.05) is 13.8 Å². The molecule has 1 aliphatic rings. The van der Waals surface area contributed by atoms with Crippen molar-refractivity contribution >= 4 is 11.9 Å². The number of aromatic carboxylic acids is 1. The lowest BCUT2D eigenvalue weighted by Crippen LogP contribution is -2.37. The molecule has 9 nitrogen and oxygen atoms in total. The Morgan fingerprint density at radius 2 is 2.35 bits per heavy atom. The van der Waals surface area contributed by atoms with Crippen LogP contribution in [0.4, 0.5) is 5.95 Å². The lowest BCUT2D eigenvalue weighted by Gasteiger charge is -2.31. The van der Waals surface area contributed by atoms with Gasteiger partial charge in [-0.2, -0.15) is 4.98 Å². The quantitative estimate of drug-likeness (QED) is 0.880. The van der Waals surface area contributed by atoms with Crippen molar-refractivity contribution in [2.75, 3.05) is 18.0 Å². The molecule has 3 heterocycles. The highest BCUT2D eigenvalue weighted by Gasteiger charge is 2.25. The van der Waals surface area contributed by atoms with Crippen LogP contribution < -0.4 is 4.90 Å². The molecule has 0 radical (unpaired) electrons. The molecule has 0 spiro atoms. The summed E-state index contributed by atoms with van der Waals surface area (Å²) in [7, 11) is 0. The minimum Gasteiger partial charge on any atom is -0.476 e. The maximum Gasteiger partial charge on any atom is 0.358 e. The van der Waals surface area contributed by atoms with E-state index in [0.29, 0.717) is 24.3 Å². The Bertz CT molecular complexity index is 680. The zero-order valence-electron chi connectivity index (χ0n) is 13.2. The van der Waals surface area contributed by atoms with Crippen LogP contribution >= 0.6 is 0 Å². The van der Waals surface area contributed by atoms with Crippen molar-refractivity contribution in [1.29, 1.82) is 0 Å². The molecule has 0 unspecified atom stereocenters. The van der Waals surface area contributed by atoms with Crippen LogP contribution in [-0.2, 0) is 6.54 Å². The van der Waals surface area contributed by atoms with Gasteiger partial charge in [-0.1, -0.05) is 19.1 Å². The molecule has 1 atom stereocenters. The van der Waals surface area contributed by atoms with Crippen LogP contribution in [0.25, 0.3) is 0 Å². The summed E-state index contributed by atoms with van der Waals surface area (Å²) in [6.45, 7) is 6.35. The number of nitrogens with zero attached hydrogens (tertiary/aromatic N) is 6. The monoisotopic (exact) mass is 320 g/mol. The van der Waals surface area contributed by atoms with Crippen LogP contribution in [0.15, 0.2) is 10.7 Å². The molecule has 9 heteroatoms. The predicted molar refractivity (Wildman–Crippen MR) is 80.3 cm³/mol. The first-order chi connectivity index (χ1) is 11.0. The zero-order valence-corrected chi connectivity index (χ0v) is 13.2. The van der Waals surface area contributed by atoms with Crippen molar-refractivity contribution in [3.05, 3.63) is 17.8 Å². The standard InChI is InChI=1S/C14H20N6O3/c1-9(2)12-15-14(17-23-12)19-5-3-4-10(6-19)7-20-8-11(13(21)22)16-18-20/h8-10H,3-7H2,1-2H3,(H,21,22)/t10-/m0/s1. The van der Waals surface area contributed by atoms with Crippen molar-refractivity contribution in [3.8, 4) is 0 Å². The summed E-state index contributed by atoms with van der Waals surface area (Å²) >= 11 is 0. The fourth-order valence-electron chi connectivity index (χ4n) is 2.74. The number of hydrogen-bond acceptors (Lipinski definition) is 7. The molecule has 2 aromatic rings. The molecule has 0 aliphatic carbocycles. The molecule has 1 aliphatic heterocycles. The molecular weight excluding hydrogens is 300 g/mol. The fraction of sp³-hybridized carbons (Fsp3) is 0.643. The van der Waals surface area contributed by atoms with Crippen LogP contribution in [0.3, 0.4) is 0 Å². The Labute approximate surface area is 133 Å². The minimum absolute atomic E-state index is 0.0302. The highest BCUT2D eigenvalue weighted by Crippen LogP contribution is 2.23. The number of hydrogen-bond donors (Lipinski definition) is 1. The minimum atomic E-state index is -1.06. The third-order valence-electron chi connectivity index (χ3n) is 3.93.